The molecule has 0 radical (unpaired) electrons. The molecule has 21 heavy (non-hydrogen) atoms. The van der Waals surface area contributed by atoms with Crippen molar-refractivity contribution in [3.8, 4) is 5.75 Å². The largest absolute Gasteiger partial charge is 0.494 e. The molecule has 0 bridgehead atoms. The Kier molecular flexibility index (Phi) is 5.04. The van der Waals surface area contributed by atoms with E-state index < -0.39 is 0 Å². The van der Waals surface area contributed by atoms with Gasteiger partial charge in [0.15, 0.2) is 0 Å². The van der Waals surface area contributed by atoms with Gasteiger partial charge in [-0.15, -0.1) is 0 Å². The Morgan fingerprint density at radius 2 is 1.95 bits per heavy atom. The van der Waals surface area contributed by atoms with E-state index in [9.17, 15) is 0 Å². The lowest BCUT2D eigenvalue weighted by molar-refractivity contribution is 0.335. The van der Waals surface area contributed by atoms with Gasteiger partial charge in [-0.1, -0.05) is 18.2 Å². The van der Waals surface area contributed by atoms with Crippen LogP contribution in [0.4, 0.5) is 11.5 Å². The molecule has 1 heterocycles. The van der Waals surface area contributed by atoms with Crippen molar-refractivity contribution in [2.24, 2.45) is 0 Å². The van der Waals surface area contributed by atoms with Crippen LogP contribution < -0.4 is 15.0 Å². The highest BCUT2D eigenvalue weighted by atomic mass is 16.5. The molecule has 0 saturated heterocycles. The van der Waals surface area contributed by atoms with Gasteiger partial charge < -0.3 is 15.0 Å². The van der Waals surface area contributed by atoms with Crippen LogP contribution in [0.5, 0.6) is 5.75 Å². The number of aromatic nitrogens is 1. The monoisotopic (exact) mass is 285 g/mol. The van der Waals surface area contributed by atoms with E-state index in [-0.39, 0.29) is 6.04 Å². The molecule has 1 N–H and O–H groups in total. The number of benzene rings is 1. The Morgan fingerprint density at radius 1 is 1.19 bits per heavy atom. The molecule has 0 aliphatic carbocycles. The van der Waals surface area contributed by atoms with Crippen LogP contribution >= 0.6 is 0 Å². The maximum absolute atomic E-state index is 5.68. The summed E-state index contributed by atoms with van der Waals surface area (Å²) < 4.78 is 5.68. The Hall–Kier alpha value is -2.23. The average molecular weight is 285 g/mol. The highest BCUT2D eigenvalue weighted by Crippen LogP contribution is 2.27. The number of nitrogens with one attached hydrogen (secondary N) is 1. The first-order valence-electron chi connectivity index (χ1n) is 7.23. The zero-order valence-corrected chi connectivity index (χ0v) is 13.1. The third-order valence-corrected chi connectivity index (χ3v) is 3.27. The normalized spacial score (nSPS) is 11.8. The molecule has 0 amide bonds. The van der Waals surface area contributed by atoms with Crippen molar-refractivity contribution < 1.29 is 4.74 Å². The minimum Gasteiger partial charge on any atom is -0.494 e. The SMILES string of the molecule is CCOc1ccccc1C(C)Nc1ccc(N(C)C)nc1. The molecule has 2 aromatic rings. The Bertz CT molecular complexity index is 567. The number of nitrogens with zero attached hydrogens (tertiary/aromatic N) is 2. The van der Waals surface area contributed by atoms with Crippen molar-refractivity contribution in [1.29, 1.82) is 0 Å². The van der Waals surface area contributed by atoms with E-state index in [0.717, 1.165) is 22.8 Å². The number of ether oxygens (including phenoxy) is 1. The van der Waals surface area contributed by atoms with Crippen LogP contribution in [-0.4, -0.2) is 25.7 Å². The smallest absolute Gasteiger partial charge is 0.128 e. The van der Waals surface area contributed by atoms with Crippen LogP contribution in [0.25, 0.3) is 0 Å². The molecule has 0 aliphatic heterocycles. The number of para-hydroxylation sites is 1. The van der Waals surface area contributed by atoms with Gasteiger partial charge in [0, 0.05) is 19.7 Å². The number of rotatable bonds is 6. The van der Waals surface area contributed by atoms with Gasteiger partial charge in [-0.2, -0.15) is 0 Å². The zero-order valence-electron chi connectivity index (χ0n) is 13.1. The summed E-state index contributed by atoms with van der Waals surface area (Å²) in [5, 5.41) is 3.46. The zero-order chi connectivity index (χ0) is 15.2. The average Bonchev–Trinajstić information content (AvgIpc) is 2.48. The van der Waals surface area contributed by atoms with E-state index in [1.807, 2.05) is 62.4 Å². The minimum atomic E-state index is 0.153. The Labute approximate surface area is 126 Å². The van der Waals surface area contributed by atoms with Gasteiger partial charge in [0.05, 0.1) is 24.5 Å². The first kappa shape index (κ1) is 15.2. The van der Waals surface area contributed by atoms with Gasteiger partial charge in [-0.05, 0) is 32.0 Å². The number of hydrogen-bond donors (Lipinski definition) is 1. The van der Waals surface area contributed by atoms with E-state index in [2.05, 4.69) is 23.3 Å². The quantitative estimate of drug-likeness (QED) is 0.877. The second-order valence-electron chi connectivity index (χ2n) is 5.14. The van der Waals surface area contributed by atoms with E-state index in [1.54, 1.807) is 0 Å². The van der Waals surface area contributed by atoms with Crippen molar-refractivity contribution >= 4 is 11.5 Å². The number of anilines is 2. The van der Waals surface area contributed by atoms with Gasteiger partial charge in [0.2, 0.25) is 0 Å². The molecule has 2 rings (SSSR count). The second-order valence-corrected chi connectivity index (χ2v) is 5.14. The van der Waals surface area contributed by atoms with Crippen LogP contribution in [0, 0.1) is 0 Å². The fraction of sp³-hybridized carbons (Fsp3) is 0.353. The Balaban J connectivity index is 2.12. The summed E-state index contributed by atoms with van der Waals surface area (Å²) in [5.41, 5.74) is 2.15. The third kappa shape index (κ3) is 3.88. The lowest BCUT2D eigenvalue weighted by Gasteiger charge is -2.19. The molecule has 4 nitrogen and oxygen atoms in total. The molecule has 1 atom stereocenters. The summed E-state index contributed by atoms with van der Waals surface area (Å²) in [4.78, 5) is 6.40. The molecule has 4 heteroatoms. The van der Waals surface area contributed by atoms with Crippen molar-refractivity contribution in [3.05, 3.63) is 48.2 Å². The van der Waals surface area contributed by atoms with E-state index in [1.165, 1.54) is 0 Å². The number of hydrogen-bond acceptors (Lipinski definition) is 4. The molecule has 0 spiro atoms. The maximum Gasteiger partial charge on any atom is 0.128 e. The lowest BCUT2D eigenvalue weighted by Crippen LogP contribution is -2.12. The van der Waals surface area contributed by atoms with Crippen LogP contribution in [-0.2, 0) is 0 Å². The van der Waals surface area contributed by atoms with Gasteiger partial charge >= 0.3 is 0 Å². The third-order valence-electron chi connectivity index (χ3n) is 3.27. The topological polar surface area (TPSA) is 37.4 Å². The van der Waals surface area contributed by atoms with E-state index >= 15 is 0 Å². The summed E-state index contributed by atoms with van der Waals surface area (Å²) in [6.45, 7) is 4.79. The van der Waals surface area contributed by atoms with Crippen LogP contribution in [0.1, 0.15) is 25.5 Å². The summed E-state index contributed by atoms with van der Waals surface area (Å²) in [6, 6.07) is 12.3. The Morgan fingerprint density at radius 3 is 2.57 bits per heavy atom. The maximum atomic E-state index is 5.68. The fourth-order valence-electron chi connectivity index (χ4n) is 2.19. The van der Waals surface area contributed by atoms with Crippen LogP contribution in [0.3, 0.4) is 0 Å². The van der Waals surface area contributed by atoms with Crippen molar-refractivity contribution in [3.63, 3.8) is 0 Å². The van der Waals surface area contributed by atoms with Gasteiger partial charge in [0.1, 0.15) is 11.6 Å². The summed E-state index contributed by atoms with van der Waals surface area (Å²) >= 11 is 0. The van der Waals surface area contributed by atoms with Crippen molar-refractivity contribution in [2.45, 2.75) is 19.9 Å². The van der Waals surface area contributed by atoms with Crippen LogP contribution in [0.2, 0.25) is 0 Å². The molecule has 0 fully saturated rings. The molecular weight excluding hydrogens is 262 g/mol. The molecule has 112 valence electrons. The highest BCUT2D eigenvalue weighted by molar-refractivity contribution is 5.50. The summed E-state index contributed by atoms with van der Waals surface area (Å²) in [7, 11) is 3.97. The molecule has 1 unspecified atom stereocenters. The standard InChI is InChI=1S/C17H23N3O/c1-5-21-16-9-7-6-8-15(16)13(2)19-14-10-11-17(18-12-14)20(3)4/h6-13,19H,5H2,1-4H3. The van der Waals surface area contributed by atoms with Crippen molar-refractivity contribution in [2.75, 3.05) is 30.9 Å². The van der Waals surface area contributed by atoms with E-state index in [0.29, 0.717) is 6.61 Å². The highest BCUT2D eigenvalue weighted by Gasteiger charge is 2.11. The molecule has 0 aliphatic rings. The summed E-state index contributed by atoms with van der Waals surface area (Å²) in [5.74, 6) is 1.88. The fourth-order valence-corrected chi connectivity index (χ4v) is 2.19. The minimum absolute atomic E-state index is 0.153. The molecular formula is C17H23N3O. The van der Waals surface area contributed by atoms with Gasteiger partial charge in [0.25, 0.3) is 0 Å². The predicted molar refractivity (Wildman–Crippen MR) is 88.2 cm³/mol. The van der Waals surface area contributed by atoms with E-state index in [4.69, 9.17) is 4.74 Å². The molecule has 1 aromatic carbocycles. The second kappa shape index (κ2) is 6.97. The van der Waals surface area contributed by atoms with Crippen LogP contribution in [0.15, 0.2) is 42.6 Å². The molecule has 0 saturated carbocycles. The predicted octanol–water partition coefficient (Wildman–Crippen LogP) is 3.72. The van der Waals surface area contributed by atoms with Gasteiger partial charge in [-0.3, -0.25) is 0 Å². The first-order valence-corrected chi connectivity index (χ1v) is 7.23. The summed E-state index contributed by atoms with van der Waals surface area (Å²) in [6.07, 6.45) is 1.86. The number of pyridine rings is 1. The lowest BCUT2D eigenvalue weighted by atomic mass is 10.1. The first-order chi connectivity index (χ1) is 10.1. The van der Waals surface area contributed by atoms with Crippen molar-refractivity contribution in [1.82, 2.24) is 4.98 Å². The molecule has 1 aromatic heterocycles. The van der Waals surface area contributed by atoms with Gasteiger partial charge in [-0.25, -0.2) is 4.98 Å².